The number of hydrogen-bond donors (Lipinski definition) is 2. The highest BCUT2D eigenvalue weighted by Gasteiger charge is 2.40. The maximum Gasteiger partial charge on any atom is 0.419 e. The first kappa shape index (κ1) is 22.6. The normalized spacial score (nSPS) is 13.1. The van der Waals surface area contributed by atoms with E-state index in [2.05, 4.69) is 25.4 Å². The zero-order valence-corrected chi connectivity index (χ0v) is 16.9. The summed E-state index contributed by atoms with van der Waals surface area (Å²) in [6.45, 7) is 1.50. The van der Waals surface area contributed by atoms with Gasteiger partial charge in [0, 0.05) is 18.0 Å². The van der Waals surface area contributed by atoms with E-state index in [1.54, 1.807) is 6.07 Å². The van der Waals surface area contributed by atoms with Crippen LogP contribution >= 0.6 is 11.6 Å². The van der Waals surface area contributed by atoms with E-state index in [1.807, 2.05) is 0 Å². The molecule has 0 bridgehead atoms. The van der Waals surface area contributed by atoms with Crippen LogP contribution in [0, 0.1) is 0 Å². The molecule has 0 saturated heterocycles. The van der Waals surface area contributed by atoms with Crippen molar-refractivity contribution >= 4 is 27.6 Å². The number of nitrogens with one attached hydrogen (secondary N) is 1. The lowest BCUT2D eigenvalue weighted by Gasteiger charge is -2.17. The van der Waals surface area contributed by atoms with Crippen LogP contribution in [-0.4, -0.2) is 43.6 Å². The Labute approximate surface area is 177 Å². The molecule has 31 heavy (non-hydrogen) atoms. The van der Waals surface area contributed by atoms with Gasteiger partial charge in [0.1, 0.15) is 11.2 Å². The summed E-state index contributed by atoms with van der Waals surface area (Å²) in [5, 5.41) is 5.33. The number of alkyl halides is 3. The lowest BCUT2D eigenvalue weighted by Crippen LogP contribution is -2.29. The Morgan fingerprint density at radius 3 is 2.45 bits per heavy atom. The van der Waals surface area contributed by atoms with Gasteiger partial charge in [-0.3, -0.25) is 9.35 Å². The Kier molecular flexibility index (Phi) is 5.98. The summed E-state index contributed by atoms with van der Waals surface area (Å²) in [5.41, 5.74) is -2.30. The summed E-state index contributed by atoms with van der Waals surface area (Å²) in [6, 6.07) is 1.75. The SMILES string of the molecule is C[C@@H](NC(=O)c1cc(Cl)c(C(F)(F)F)c(S(=O)(=O)O)c1)c1ncnn1-c1ncccn1. The van der Waals surface area contributed by atoms with Crippen LogP contribution in [0.25, 0.3) is 5.95 Å². The number of benzene rings is 1. The van der Waals surface area contributed by atoms with Gasteiger partial charge in [0.05, 0.1) is 16.6 Å². The third kappa shape index (κ3) is 4.81. The van der Waals surface area contributed by atoms with Crippen LogP contribution in [0.1, 0.15) is 34.7 Å². The lowest BCUT2D eigenvalue weighted by atomic mass is 10.1. The van der Waals surface area contributed by atoms with E-state index in [-0.39, 0.29) is 11.8 Å². The second-order valence-corrected chi connectivity index (χ2v) is 7.88. The van der Waals surface area contributed by atoms with Gasteiger partial charge in [0.25, 0.3) is 22.0 Å². The lowest BCUT2D eigenvalue weighted by molar-refractivity contribution is -0.139. The molecule has 0 saturated carbocycles. The van der Waals surface area contributed by atoms with Crippen LogP contribution in [0.15, 0.2) is 41.8 Å². The minimum atomic E-state index is -5.34. The maximum atomic E-state index is 13.2. The molecule has 164 valence electrons. The molecule has 1 amide bonds. The van der Waals surface area contributed by atoms with E-state index < -0.39 is 49.3 Å². The van der Waals surface area contributed by atoms with Crippen molar-refractivity contribution in [3.8, 4) is 5.95 Å². The van der Waals surface area contributed by atoms with E-state index in [0.29, 0.717) is 12.1 Å². The molecule has 0 radical (unpaired) electrons. The number of aromatic nitrogens is 5. The van der Waals surface area contributed by atoms with Crippen molar-refractivity contribution < 1.29 is 30.9 Å². The average molecular weight is 477 g/mol. The number of hydrogen-bond acceptors (Lipinski definition) is 7. The number of amides is 1. The van der Waals surface area contributed by atoms with E-state index in [0.717, 1.165) is 0 Å². The average Bonchev–Trinajstić information content (AvgIpc) is 3.16. The first-order chi connectivity index (χ1) is 14.4. The van der Waals surface area contributed by atoms with Gasteiger partial charge in [-0.05, 0) is 25.1 Å². The number of carbonyl (C=O) groups excluding carboxylic acids is 1. The first-order valence-corrected chi connectivity index (χ1v) is 10.1. The van der Waals surface area contributed by atoms with Gasteiger partial charge >= 0.3 is 6.18 Å². The zero-order chi connectivity index (χ0) is 23.0. The van der Waals surface area contributed by atoms with Gasteiger partial charge in [0.2, 0.25) is 0 Å². The molecule has 1 atom stereocenters. The summed E-state index contributed by atoms with van der Waals surface area (Å²) in [5.74, 6) is -0.633. The van der Waals surface area contributed by atoms with Crippen LogP contribution in [0.4, 0.5) is 13.2 Å². The smallest absolute Gasteiger partial charge is 0.342 e. The third-order valence-electron chi connectivity index (χ3n) is 3.93. The number of nitrogens with zero attached hydrogens (tertiary/aromatic N) is 5. The fourth-order valence-electron chi connectivity index (χ4n) is 2.64. The Balaban J connectivity index is 1.95. The van der Waals surface area contributed by atoms with Crippen molar-refractivity contribution in [1.29, 1.82) is 0 Å². The molecule has 2 N–H and O–H groups in total. The highest BCUT2D eigenvalue weighted by Crippen LogP contribution is 2.39. The molecule has 1 aromatic carbocycles. The Hall–Kier alpha value is -3.10. The standard InChI is InChI=1S/C16H12ClF3N6O4S/c1-8(13-23-7-24-26(13)15-21-3-2-4-22-15)25-14(27)9-5-10(17)12(16(18,19)20)11(6-9)31(28,29)30/h2-8H,1H3,(H,25,27)(H,28,29,30)/t8-/m1/s1. The zero-order valence-electron chi connectivity index (χ0n) is 15.4. The predicted octanol–water partition coefficient (Wildman–Crippen LogP) is 2.47. The maximum absolute atomic E-state index is 13.2. The molecule has 10 nitrogen and oxygen atoms in total. The van der Waals surface area contributed by atoms with Gasteiger partial charge in [-0.2, -0.15) is 31.4 Å². The van der Waals surface area contributed by atoms with Gasteiger partial charge in [0.15, 0.2) is 5.82 Å². The van der Waals surface area contributed by atoms with Gasteiger partial charge in [-0.25, -0.2) is 15.0 Å². The van der Waals surface area contributed by atoms with Crippen molar-refractivity contribution in [3.05, 3.63) is 58.9 Å². The fourth-order valence-corrected chi connectivity index (χ4v) is 3.78. The number of rotatable bonds is 5. The highest BCUT2D eigenvalue weighted by atomic mass is 35.5. The molecule has 0 unspecified atom stereocenters. The van der Waals surface area contributed by atoms with Crippen LogP contribution in [0.5, 0.6) is 0 Å². The topological polar surface area (TPSA) is 140 Å². The molecular weight excluding hydrogens is 465 g/mol. The Morgan fingerprint density at radius 1 is 1.23 bits per heavy atom. The highest BCUT2D eigenvalue weighted by molar-refractivity contribution is 7.85. The fraction of sp³-hybridized carbons (Fsp3) is 0.188. The number of carbonyl (C=O) groups is 1. The molecule has 15 heteroatoms. The largest absolute Gasteiger partial charge is 0.419 e. The molecule has 2 aromatic heterocycles. The van der Waals surface area contributed by atoms with Crippen molar-refractivity contribution in [2.75, 3.05) is 0 Å². The van der Waals surface area contributed by atoms with Crippen molar-refractivity contribution in [3.63, 3.8) is 0 Å². The minimum Gasteiger partial charge on any atom is -0.342 e. The summed E-state index contributed by atoms with van der Waals surface area (Å²) in [4.78, 5) is 23.1. The minimum absolute atomic E-state index is 0.155. The molecule has 0 fully saturated rings. The van der Waals surface area contributed by atoms with Crippen LogP contribution < -0.4 is 5.32 Å². The monoisotopic (exact) mass is 476 g/mol. The third-order valence-corrected chi connectivity index (χ3v) is 5.10. The van der Waals surface area contributed by atoms with Crippen LogP contribution in [-0.2, 0) is 16.3 Å². The molecule has 3 aromatic rings. The molecule has 3 rings (SSSR count). The summed E-state index contributed by atoms with van der Waals surface area (Å²) < 4.78 is 72.9. The van der Waals surface area contributed by atoms with E-state index in [1.165, 1.54) is 30.3 Å². The van der Waals surface area contributed by atoms with E-state index in [4.69, 9.17) is 11.6 Å². The second kappa shape index (κ2) is 8.20. The Morgan fingerprint density at radius 2 is 1.87 bits per heavy atom. The quantitative estimate of drug-likeness (QED) is 0.535. The van der Waals surface area contributed by atoms with Gasteiger partial charge < -0.3 is 5.32 Å². The molecule has 0 aliphatic rings. The summed E-state index contributed by atoms with van der Waals surface area (Å²) >= 11 is 5.59. The van der Waals surface area contributed by atoms with E-state index in [9.17, 15) is 30.9 Å². The Bertz CT molecular complexity index is 1230. The number of halogens is 4. The van der Waals surface area contributed by atoms with Crippen molar-refractivity contribution in [2.45, 2.75) is 24.0 Å². The van der Waals surface area contributed by atoms with Crippen molar-refractivity contribution in [1.82, 2.24) is 30.0 Å². The summed E-state index contributed by atoms with van der Waals surface area (Å²) in [6.07, 6.45) is -1.09. The molecule has 2 heterocycles. The van der Waals surface area contributed by atoms with E-state index >= 15 is 0 Å². The first-order valence-electron chi connectivity index (χ1n) is 8.26. The van der Waals surface area contributed by atoms with Crippen LogP contribution in [0.3, 0.4) is 0 Å². The molecule has 0 aliphatic carbocycles. The molecule has 0 aliphatic heterocycles. The predicted molar refractivity (Wildman–Crippen MR) is 99.1 cm³/mol. The second-order valence-electron chi connectivity index (χ2n) is 6.08. The van der Waals surface area contributed by atoms with Gasteiger partial charge in [-0.1, -0.05) is 11.6 Å². The van der Waals surface area contributed by atoms with Gasteiger partial charge in [-0.15, -0.1) is 0 Å². The van der Waals surface area contributed by atoms with Crippen molar-refractivity contribution in [2.24, 2.45) is 0 Å². The molecular formula is C16H12ClF3N6O4S. The van der Waals surface area contributed by atoms with Crippen LogP contribution in [0.2, 0.25) is 5.02 Å². The molecule has 0 spiro atoms. The summed E-state index contributed by atoms with van der Waals surface area (Å²) in [7, 11) is -5.34.